The number of amides is 1. The van der Waals surface area contributed by atoms with Crippen LogP contribution in [0.15, 0.2) is 30.6 Å². The summed E-state index contributed by atoms with van der Waals surface area (Å²) in [6.45, 7) is 0.376. The lowest BCUT2D eigenvalue weighted by molar-refractivity contribution is -0.121. The molecule has 0 aliphatic carbocycles. The third-order valence-electron chi connectivity index (χ3n) is 2.54. The van der Waals surface area contributed by atoms with Gasteiger partial charge in [-0.05, 0) is 24.1 Å². The number of carbonyl (C=O) groups is 1. The SMILES string of the molecule is Nc1ccc(CCC(=O)NCc2ncn[nH]2)cc1. The van der Waals surface area contributed by atoms with Gasteiger partial charge in [0.15, 0.2) is 0 Å². The number of aromatic nitrogens is 3. The molecule has 0 unspecified atom stereocenters. The van der Waals surface area contributed by atoms with Crippen molar-refractivity contribution in [2.45, 2.75) is 19.4 Å². The van der Waals surface area contributed by atoms with E-state index in [1.54, 1.807) is 0 Å². The lowest BCUT2D eigenvalue weighted by Crippen LogP contribution is -2.23. The molecule has 4 N–H and O–H groups in total. The zero-order chi connectivity index (χ0) is 12.8. The van der Waals surface area contributed by atoms with Crippen LogP contribution in [0.4, 0.5) is 5.69 Å². The minimum absolute atomic E-state index is 0.0109. The van der Waals surface area contributed by atoms with Crippen molar-refractivity contribution < 1.29 is 4.79 Å². The van der Waals surface area contributed by atoms with Crippen molar-refractivity contribution in [1.82, 2.24) is 20.5 Å². The lowest BCUT2D eigenvalue weighted by Gasteiger charge is -2.03. The summed E-state index contributed by atoms with van der Waals surface area (Å²) in [6, 6.07) is 7.53. The van der Waals surface area contributed by atoms with Gasteiger partial charge in [-0.25, -0.2) is 4.98 Å². The molecule has 0 spiro atoms. The Labute approximate surface area is 105 Å². The van der Waals surface area contributed by atoms with Crippen molar-refractivity contribution in [3.8, 4) is 0 Å². The minimum atomic E-state index is -0.0109. The summed E-state index contributed by atoms with van der Waals surface area (Å²) >= 11 is 0. The number of benzene rings is 1. The highest BCUT2D eigenvalue weighted by Gasteiger charge is 2.03. The molecule has 0 radical (unpaired) electrons. The molecule has 18 heavy (non-hydrogen) atoms. The summed E-state index contributed by atoms with van der Waals surface area (Å²) in [5.74, 6) is 0.638. The Morgan fingerprint density at radius 3 is 2.78 bits per heavy atom. The van der Waals surface area contributed by atoms with Crippen molar-refractivity contribution in [2.75, 3.05) is 5.73 Å². The van der Waals surface area contributed by atoms with Gasteiger partial charge in [-0.3, -0.25) is 9.89 Å². The Balaban J connectivity index is 1.73. The largest absolute Gasteiger partial charge is 0.399 e. The topological polar surface area (TPSA) is 96.7 Å². The molecule has 1 heterocycles. The second kappa shape index (κ2) is 5.81. The summed E-state index contributed by atoms with van der Waals surface area (Å²) in [5, 5.41) is 9.15. The number of rotatable bonds is 5. The standard InChI is InChI=1S/C12H15N5O/c13-10-4-1-9(2-5-10)3-6-12(18)14-7-11-15-8-16-17-11/h1-2,4-5,8H,3,6-7,13H2,(H,14,18)(H,15,16,17). The Kier molecular flexibility index (Phi) is 3.90. The Morgan fingerprint density at radius 1 is 1.33 bits per heavy atom. The van der Waals surface area contributed by atoms with Crippen LogP contribution in [0.3, 0.4) is 0 Å². The van der Waals surface area contributed by atoms with Crippen molar-refractivity contribution in [2.24, 2.45) is 0 Å². The molecule has 0 saturated carbocycles. The van der Waals surface area contributed by atoms with Crippen molar-refractivity contribution in [3.63, 3.8) is 0 Å². The van der Waals surface area contributed by atoms with Gasteiger partial charge in [-0.1, -0.05) is 12.1 Å². The number of nitrogens with one attached hydrogen (secondary N) is 2. The summed E-state index contributed by atoms with van der Waals surface area (Å²) in [4.78, 5) is 15.5. The van der Waals surface area contributed by atoms with Gasteiger partial charge in [0.05, 0.1) is 6.54 Å². The van der Waals surface area contributed by atoms with Gasteiger partial charge in [0.25, 0.3) is 0 Å². The van der Waals surface area contributed by atoms with Crippen LogP contribution >= 0.6 is 0 Å². The maximum Gasteiger partial charge on any atom is 0.220 e. The summed E-state index contributed by atoms with van der Waals surface area (Å²) in [7, 11) is 0. The summed E-state index contributed by atoms with van der Waals surface area (Å²) in [5.41, 5.74) is 7.42. The molecule has 0 fully saturated rings. The first-order chi connectivity index (χ1) is 8.74. The van der Waals surface area contributed by atoms with Gasteiger partial charge in [0, 0.05) is 12.1 Å². The third kappa shape index (κ3) is 3.58. The van der Waals surface area contributed by atoms with Crippen molar-refractivity contribution >= 4 is 11.6 Å². The lowest BCUT2D eigenvalue weighted by atomic mass is 10.1. The van der Waals surface area contributed by atoms with Gasteiger partial charge in [0.1, 0.15) is 12.2 Å². The van der Waals surface area contributed by atoms with E-state index in [0.717, 1.165) is 11.3 Å². The predicted molar refractivity (Wildman–Crippen MR) is 67.4 cm³/mol. The fourth-order valence-electron chi connectivity index (χ4n) is 1.53. The second-order valence-corrected chi connectivity index (χ2v) is 3.95. The van der Waals surface area contributed by atoms with E-state index < -0.39 is 0 Å². The van der Waals surface area contributed by atoms with Gasteiger partial charge in [-0.15, -0.1) is 0 Å². The average molecular weight is 245 g/mol. The van der Waals surface area contributed by atoms with Crippen LogP contribution in [0.2, 0.25) is 0 Å². The first-order valence-electron chi connectivity index (χ1n) is 5.69. The molecule has 2 rings (SSSR count). The summed E-state index contributed by atoms with van der Waals surface area (Å²) in [6.07, 6.45) is 2.55. The molecule has 0 atom stereocenters. The quantitative estimate of drug-likeness (QED) is 0.673. The number of aryl methyl sites for hydroxylation is 1. The fraction of sp³-hybridized carbons (Fsp3) is 0.250. The van der Waals surface area contributed by atoms with Crippen LogP contribution in [0.1, 0.15) is 17.8 Å². The van der Waals surface area contributed by atoms with Gasteiger partial charge in [-0.2, -0.15) is 5.10 Å². The van der Waals surface area contributed by atoms with E-state index in [-0.39, 0.29) is 5.91 Å². The smallest absolute Gasteiger partial charge is 0.220 e. The zero-order valence-electron chi connectivity index (χ0n) is 9.89. The van der Waals surface area contributed by atoms with Crippen LogP contribution in [0, 0.1) is 0 Å². The molecule has 0 bridgehead atoms. The van der Waals surface area contributed by atoms with E-state index >= 15 is 0 Å². The number of nitrogens with two attached hydrogens (primary N) is 1. The molecule has 1 amide bonds. The Bertz CT molecular complexity index is 492. The van der Waals surface area contributed by atoms with E-state index in [4.69, 9.17) is 5.73 Å². The van der Waals surface area contributed by atoms with E-state index in [2.05, 4.69) is 20.5 Å². The highest BCUT2D eigenvalue weighted by atomic mass is 16.1. The first kappa shape index (κ1) is 12.1. The molecule has 0 aliphatic rings. The molecule has 0 saturated heterocycles. The van der Waals surface area contributed by atoms with E-state index in [1.165, 1.54) is 6.33 Å². The van der Waals surface area contributed by atoms with E-state index in [9.17, 15) is 4.79 Å². The van der Waals surface area contributed by atoms with Crippen molar-refractivity contribution in [1.29, 1.82) is 0 Å². The number of aromatic amines is 1. The Hall–Kier alpha value is -2.37. The predicted octanol–water partition coefficient (Wildman–Crippen LogP) is 0.636. The summed E-state index contributed by atoms with van der Waals surface area (Å²) < 4.78 is 0. The van der Waals surface area contributed by atoms with E-state index in [1.807, 2.05) is 24.3 Å². The van der Waals surface area contributed by atoms with Crippen LogP contribution in [0.25, 0.3) is 0 Å². The van der Waals surface area contributed by atoms with Gasteiger partial charge in [0.2, 0.25) is 5.91 Å². The van der Waals surface area contributed by atoms with Crippen molar-refractivity contribution in [3.05, 3.63) is 42.0 Å². The molecular formula is C12H15N5O. The minimum Gasteiger partial charge on any atom is -0.399 e. The molecule has 1 aromatic heterocycles. The highest BCUT2D eigenvalue weighted by Crippen LogP contribution is 2.07. The average Bonchev–Trinajstić information content (AvgIpc) is 2.89. The molecule has 6 nitrogen and oxygen atoms in total. The maximum atomic E-state index is 11.6. The fourth-order valence-corrected chi connectivity index (χ4v) is 1.53. The molecule has 6 heteroatoms. The molecule has 0 aliphatic heterocycles. The molecule has 1 aromatic carbocycles. The first-order valence-corrected chi connectivity index (χ1v) is 5.69. The van der Waals surface area contributed by atoms with Crippen LogP contribution in [-0.2, 0) is 17.8 Å². The van der Waals surface area contributed by atoms with Crippen LogP contribution in [-0.4, -0.2) is 21.1 Å². The van der Waals surface area contributed by atoms with Crippen LogP contribution in [0.5, 0.6) is 0 Å². The molecule has 94 valence electrons. The van der Waals surface area contributed by atoms with E-state index in [0.29, 0.717) is 25.2 Å². The Morgan fingerprint density at radius 2 is 2.11 bits per heavy atom. The third-order valence-corrected chi connectivity index (χ3v) is 2.54. The monoisotopic (exact) mass is 245 g/mol. The van der Waals surface area contributed by atoms with Crippen LogP contribution < -0.4 is 11.1 Å². The number of carbonyl (C=O) groups excluding carboxylic acids is 1. The number of anilines is 1. The number of H-pyrrole nitrogens is 1. The van der Waals surface area contributed by atoms with Gasteiger partial charge >= 0.3 is 0 Å². The highest BCUT2D eigenvalue weighted by molar-refractivity contribution is 5.76. The number of nitrogens with zero attached hydrogens (tertiary/aromatic N) is 2. The number of hydrogen-bond donors (Lipinski definition) is 3. The second-order valence-electron chi connectivity index (χ2n) is 3.95. The normalized spacial score (nSPS) is 10.2. The molecular weight excluding hydrogens is 230 g/mol. The number of nitrogen functional groups attached to an aromatic ring is 1. The number of hydrogen-bond acceptors (Lipinski definition) is 4. The van der Waals surface area contributed by atoms with Gasteiger partial charge < -0.3 is 11.1 Å². The zero-order valence-corrected chi connectivity index (χ0v) is 9.89. The molecule has 2 aromatic rings. The maximum absolute atomic E-state index is 11.6.